The molecule has 2 aromatic rings. The van der Waals surface area contributed by atoms with Crippen LogP contribution >= 0.6 is 15.9 Å². The molecule has 1 aliphatic rings. The summed E-state index contributed by atoms with van der Waals surface area (Å²) >= 11 is 3.50. The van der Waals surface area contributed by atoms with E-state index in [0.29, 0.717) is 6.04 Å². The van der Waals surface area contributed by atoms with Crippen LogP contribution in [0.4, 0.5) is 5.69 Å². The Hall–Kier alpha value is -2.02. The molecule has 2 N–H and O–H groups in total. The summed E-state index contributed by atoms with van der Waals surface area (Å²) in [5.74, 6) is 0.917. The van der Waals surface area contributed by atoms with E-state index in [2.05, 4.69) is 72.2 Å². The maximum Gasteiger partial charge on any atom is 0.191 e. The lowest BCUT2D eigenvalue weighted by Gasteiger charge is -2.20. The number of aromatic nitrogens is 2. The number of rotatable bonds is 7. The van der Waals surface area contributed by atoms with Gasteiger partial charge in [-0.25, -0.2) is 4.98 Å². The number of hydrogen-bond donors (Lipinski definition) is 2. The zero-order valence-corrected chi connectivity index (χ0v) is 16.8. The standard InChI is InChI=1S/C19H27BrN6/c1-2-22-19(23-9-3-11-25-13-10-21-15-25)24-17-8-12-26(14-17)18-6-4-16(20)5-7-18/h4-7,10,13,15,17H,2-3,8-9,11-12,14H2,1H3,(H2,22,23,24). The minimum absolute atomic E-state index is 0.421. The maximum atomic E-state index is 4.72. The topological polar surface area (TPSA) is 57.5 Å². The molecule has 2 heterocycles. The minimum atomic E-state index is 0.421. The highest BCUT2D eigenvalue weighted by Crippen LogP contribution is 2.22. The van der Waals surface area contributed by atoms with Crippen molar-refractivity contribution in [3.63, 3.8) is 0 Å². The average molecular weight is 419 g/mol. The van der Waals surface area contributed by atoms with Gasteiger partial charge in [0.1, 0.15) is 0 Å². The van der Waals surface area contributed by atoms with Crippen molar-refractivity contribution in [1.29, 1.82) is 0 Å². The minimum Gasteiger partial charge on any atom is -0.369 e. The lowest BCUT2D eigenvalue weighted by Crippen LogP contribution is -2.44. The highest BCUT2D eigenvalue weighted by atomic mass is 79.9. The van der Waals surface area contributed by atoms with Gasteiger partial charge in [-0.3, -0.25) is 4.99 Å². The summed E-state index contributed by atoms with van der Waals surface area (Å²) in [6.07, 6.45) is 7.77. The van der Waals surface area contributed by atoms with Crippen molar-refractivity contribution in [1.82, 2.24) is 20.2 Å². The van der Waals surface area contributed by atoms with Gasteiger partial charge in [0.15, 0.2) is 5.96 Å². The van der Waals surface area contributed by atoms with Crippen LogP contribution in [0.2, 0.25) is 0 Å². The van der Waals surface area contributed by atoms with Gasteiger partial charge >= 0.3 is 0 Å². The summed E-state index contributed by atoms with van der Waals surface area (Å²) < 4.78 is 3.20. The Morgan fingerprint density at radius 3 is 2.92 bits per heavy atom. The fourth-order valence-electron chi connectivity index (χ4n) is 3.14. The van der Waals surface area contributed by atoms with Gasteiger partial charge in [-0.1, -0.05) is 15.9 Å². The quantitative estimate of drug-likeness (QED) is 0.412. The lowest BCUT2D eigenvalue weighted by molar-refractivity contribution is 0.630. The van der Waals surface area contributed by atoms with Crippen molar-refractivity contribution in [3.8, 4) is 0 Å². The molecule has 0 aliphatic carbocycles. The van der Waals surface area contributed by atoms with E-state index in [-0.39, 0.29) is 0 Å². The Morgan fingerprint density at radius 2 is 2.19 bits per heavy atom. The Labute approximate surface area is 163 Å². The second-order valence-corrected chi connectivity index (χ2v) is 7.38. The number of nitrogens with zero attached hydrogens (tertiary/aromatic N) is 4. The van der Waals surface area contributed by atoms with Crippen LogP contribution in [0.25, 0.3) is 0 Å². The summed E-state index contributed by atoms with van der Waals surface area (Å²) in [6.45, 7) is 6.79. The molecule has 1 fully saturated rings. The average Bonchev–Trinajstić information content (AvgIpc) is 3.31. The SMILES string of the molecule is CCNC(=NCCCn1ccnc1)NC1CCN(c2ccc(Br)cc2)C1. The molecule has 140 valence electrons. The molecule has 0 radical (unpaired) electrons. The van der Waals surface area contributed by atoms with E-state index in [1.54, 1.807) is 0 Å². The van der Waals surface area contributed by atoms with Gasteiger partial charge in [-0.05, 0) is 44.0 Å². The van der Waals surface area contributed by atoms with Gasteiger partial charge in [-0.15, -0.1) is 0 Å². The largest absolute Gasteiger partial charge is 0.369 e. The van der Waals surface area contributed by atoms with Crippen molar-refractivity contribution >= 4 is 27.6 Å². The number of imidazole rings is 1. The molecular weight excluding hydrogens is 392 g/mol. The highest BCUT2D eigenvalue weighted by Gasteiger charge is 2.23. The number of aryl methyl sites for hydroxylation is 1. The fraction of sp³-hybridized carbons (Fsp3) is 0.474. The van der Waals surface area contributed by atoms with Gasteiger partial charge in [0, 0.05) is 61.3 Å². The summed E-state index contributed by atoms with van der Waals surface area (Å²) in [6, 6.07) is 8.96. The maximum absolute atomic E-state index is 4.72. The number of halogens is 1. The Kier molecular flexibility index (Phi) is 6.94. The third kappa shape index (κ3) is 5.49. The van der Waals surface area contributed by atoms with Crippen molar-refractivity contribution in [2.75, 3.05) is 31.1 Å². The summed E-state index contributed by atoms with van der Waals surface area (Å²) in [5.41, 5.74) is 1.28. The molecule has 1 saturated heterocycles. The molecule has 6 nitrogen and oxygen atoms in total. The van der Waals surface area contributed by atoms with Crippen LogP contribution < -0.4 is 15.5 Å². The molecule has 26 heavy (non-hydrogen) atoms. The Morgan fingerprint density at radius 1 is 1.35 bits per heavy atom. The third-order valence-electron chi connectivity index (χ3n) is 4.47. The molecule has 1 aliphatic heterocycles. The smallest absolute Gasteiger partial charge is 0.191 e. The van der Waals surface area contributed by atoms with Crippen LogP contribution in [0.5, 0.6) is 0 Å². The zero-order chi connectivity index (χ0) is 18.2. The van der Waals surface area contributed by atoms with Gasteiger partial charge < -0.3 is 20.1 Å². The molecule has 0 amide bonds. The number of hydrogen-bond acceptors (Lipinski definition) is 3. The molecule has 7 heteroatoms. The molecule has 3 rings (SSSR count). The first-order valence-electron chi connectivity index (χ1n) is 9.25. The fourth-order valence-corrected chi connectivity index (χ4v) is 3.41. The molecule has 1 aromatic carbocycles. The van der Waals surface area contributed by atoms with Gasteiger partial charge in [-0.2, -0.15) is 0 Å². The first-order valence-corrected chi connectivity index (χ1v) is 10.0. The Balaban J connectivity index is 1.48. The number of benzene rings is 1. The van der Waals surface area contributed by atoms with Crippen molar-refractivity contribution < 1.29 is 0 Å². The predicted octanol–water partition coefficient (Wildman–Crippen LogP) is 2.87. The van der Waals surface area contributed by atoms with Crippen LogP contribution in [0.1, 0.15) is 19.8 Å². The van der Waals surface area contributed by atoms with Gasteiger partial charge in [0.05, 0.1) is 6.33 Å². The van der Waals surface area contributed by atoms with E-state index in [1.807, 2.05) is 18.7 Å². The van der Waals surface area contributed by atoms with E-state index in [0.717, 1.165) is 56.0 Å². The van der Waals surface area contributed by atoms with Crippen LogP contribution in [-0.2, 0) is 6.54 Å². The predicted molar refractivity (Wildman–Crippen MR) is 111 cm³/mol. The number of anilines is 1. The molecule has 0 bridgehead atoms. The van der Waals surface area contributed by atoms with Crippen molar-refractivity contribution in [3.05, 3.63) is 47.5 Å². The molecule has 1 atom stereocenters. The molecule has 0 saturated carbocycles. The van der Waals surface area contributed by atoms with E-state index in [4.69, 9.17) is 4.99 Å². The van der Waals surface area contributed by atoms with Crippen LogP contribution in [-0.4, -0.2) is 47.7 Å². The van der Waals surface area contributed by atoms with Gasteiger partial charge in [0.25, 0.3) is 0 Å². The van der Waals surface area contributed by atoms with E-state index in [9.17, 15) is 0 Å². The summed E-state index contributed by atoms with van der Waals surface area (Å²) in [4.78, 5) is 11.2. The zero-order valence-electron chi connectivity index (χ0n) is 15.2. The summed E-state index contributed by atoms with van der Waals surface area (Å²) in [5, 5.41) is 6.95. The van der Waals surface area contributed by atoms with Crippen LogP contribution in [0.3, 0.4) is 0 Å². The normalized spacial score (nSPS) is 17.5. The summed E-state index contributed by atoms with van der Waals surface area (Å²) in [7, 11) is 0. The van der Waals surface area contributed by atoms with E-state index < -0.39 is 0 Å². The van der Waals surface area contributed by atoms with Gasteiger partial charge in [0.2, 0.25) is 0 Å². The number of aliphatic imine (C=N–C) groups is 1. The monoisotopic (exact) mass is 418 g/mol. The second kappa shape index (κ2) is 9.62. The molecular formula is C19H27BrN6. The second-order valence-electron chi connectivity index (χ2n) is 6.47. The molecule has 0 spiro atoms. The van der Waals surface area contributed by atoms with Crippen molar-refractivity contribution in [2.45, 2.75) is 32.4 Å². The highest BCUT2D eigenvalue weighted by molar-refractivity contribution is 9.10. The number of nitrogens with one attached hydrogen (secondary N) is 2. The van der Waals surface area contributed by atoms with E-state index >= 15 is 0 Å². The first-order chi connectivity index (χ1) is 12.7. The molecule has 1 unspecified atom stereocenters. The van der Waals surface area contributed by atoms with E-state index in [1.165, 1.54) is 5.69 Å². The van der Waals surface area contributed by atoms with Crippen LogP contribution in [0.15, 0.2) is 52.5 Å². The first kappa shape index (κ1) is 18.8. The van der Waals surface area contributed by atoms with Crippen molar-refractivity contribution in [2.24, 2.45) is 4.99 Å². The third-order valence-corrected chi connectivity index (χ3v) is 5.00. The van der Waals surface area contributed by atoms with Crippen LogP contribution in [0, 0.1) is 0 Å². The Bertz CT molecular complexity index is 683. The molecule has 1 aromatic heterocycles. The lowest BCUT2D eigenvalue weighted by atomic mass is 10.3. The number of guanidine groups is 1.